The number of anilines is 1. The lowest BCUT2D eigenvalue weighted by Gasteiger charge is -2.45. The molecule has 2 heterocycles. The van der Waals surface area contributed by atoms with Crippen LogP contribution in [0.15, 0.2) is 47.0 Å². The van der Waals surface area contributed by atoms with E-state index < -0.39 is 28.3 Å². The average molecular weight is 752 g/mol. The number of benzene rings is 2. The number of rotatable bonds is 10. The van der Waals surface area contributed by atoms with E-state index in [1.165, 1.54) is 36.2 Å². The number of nitrogens with two attached hydrogens (primary N) is 1. The minimum Gasteiger partial charge on any atom is -0.855 e. The highest BCUT2D eigenvalue weighted by Crippen LogP contribution is 2.46. The van der Waals surface area contributed by atoms with Gasteiger partial charge >= 0.3 is 5.97 Å². The molecule has 0 radical (unpaired) electrons. The third kappa shape index (κ3) is 8.10. The summed E-state index contributed by atoms with van der Waals surface area (Å²) in [5.41, 5.74) is 3.56. The lowest BCUT2D eigenvalue weighted by Crippen LogP contribution is -2.49. The molecule has 1 fully saturated rings. The standard InChI is InChI=1S/C38H46ClN5O7S/c1-24(21-52(40,48)42-35(46)30-20-43(2)41-36(30)49-3)7-5-9-33(45)29-13-10-27(29)19-44-22-38(16-6-8-25-17-28(39)12-14-31(25)38)23-51-34-15-11-26(18-32(34)44)37(47)50-4/h11-12,14-15,17-18,20,24,27,29,33,45H,6-8,10,13,16,19,21-23H2,1-4H3,(H2-,40,42,46,48)/t24-,27-,29+,33?,38-,52?/m0/s1. The van der Waals surface area contributed by atoms with Crippen LogP contribution in [-0.2, 0) is 38.1 Å². The van der Waals surface area contributed by atoms with Gasteiger partial charge in [-0.05, 0) is 79.5 Å². The highest BCUT2D eigenvalue weighted by molar-refractivity contribution is 7.99. The molecule has 2 aromatic carbocycles. The fourth-order valence-corrected chi connectivity index (χ4v) is 9.36. The van der Waals surface area contributed by atoms with Crippen molar-refractivity contribution in [3.05, 3.63) is 69.9 Å². The molecule has 3 aliphatic rings. The van der Waals surface area contributed by atoms with Gasteiger partial charge in [-0.15, -0.1) is 16.2 Å². The lowest BCUT2D eigenvalue weighted by atomic mass is 9.68. The number of carbonyl (C=O) groups is 1. The Bertz CT molecular complexity index is 1960. The molecule has 12 nitrogen and oxygen atoms in total. The summed E-state index contributed by atoms with van der Waals surface area (Å²) < 4.78 is 34.9. The first-order chi connectivity index (χ1) is 24.8. The molecule has 2 unspecified atom stereocenters. The Morgan fingerprint density at radius 2 is 2.10 bits per heavy atom. The quantitative estimate of drug-likeness (QED) is 0.103. The van der Waals surface area contributed by atoms with E-state index in [4.69, 9.17) is 31.0 Å². The summed E-state index contributed by atoms with van der Waals surface area (Å²) in [6.07, 6.45) is 5.58. The van der Waals surface area contributed by atoms with Crippen LogP contribution < -0.4 is 24.6 Å². The van der Waals surface area contributed by atoms with Crippen LogP contribution in [-0.4, -0.2) is 72.5 Å². The van der Waals surface area contributed by atoms with Crippen LogP contribution in [0, 0.1) is 29.6 Å². The van der Waals surface area contributed by atoms with Crippen molar-refractivity contribution in [3.63, 3.8) is 0 Å². The fourth-order valence-electron chi connectivity index (χ4n) is 7.78. The maximum Gasteiger partial charge on any atom is 0.337 e. The van der Waals surface area contributed by atoms with Crippen molar-refractivity contribution < 1.29 is 33.4 Å². The molecular weight excluding hydrogens is 706 g/mol. The smallest absolute Gasteiger partial charge is 0.337 e. The van der Waals surface area contributed by atoms with Crippen LogP contribution in [0.5, 0.6) is 11.6 Å². The number of hydrogen-bond donors (Lipinski definition) is 2. The number of methoxy groups -OCH3 is 2. The zero-order chi connectivity index (χ0) is 37.2. The van der Waals surface area contributed by atoms with Gasteiger partial charge in [0.1, 0.15) is 11.9 Å². The molecule has 0 saturated heterocycles. The van der Waals surface area contributed by atoms with Gasteiger partial charge in [0.2, 0.25) is 5.88 Å². The minimum absolute atomic E-state index is 0.0424. The van der Waals surface area contributed by atoms with Crippen molar-refractivity contribution in [1.82, 2.24) is 9.78 Å². The van der Waals surface area contributed by atoms with Crippen molar-refractivity contribution in [1.29, 1.82) is 0 Å². The molecule has 3 N–H and O–H groups in total. The maximum atomic E-state index is 13.0. The van der Waals surface area contributed by atoms with E-state index in [0.717, 1.165) is 42.8 Å². The van der Waals surface area contributed by atoms with Gasteiger partial charge in [-0.3, -0.25) is 4.68 Å². The van der Waals surface area contributed by atoms with E-state index in [1.807, 2.05) is 25.1 Å². The van der Waals surface area contributed by atoms with E-state index in [-0.39, 0.29) is 40.4 Å². The molecule has 6 atom stereocenters. The predicted molar refractivity (Wildman–Crippen MR) is 199 cm³/mol. The normalized spacial score (nSPS) is 23.4. The van der Waals surface area contributed by atoms with Crippen LogP contribution in [0.1, 0.15) is 66.1 Å². The molecule has 1 spiro atoms. The molecule has 1 aliphatic heterocycles. The SMILES string of the molecule is COC(=O)c1ccc2c(c1)N(C[C@@H]1CC[C@H]1C(O)C#CC[C@H](C)C[S+](N)(=O)/N=C(\[O-])c1cn(C)nc1OC)C[C@@]1(CCCc3cc(Cl)ccc31)CO2. The average Bonchev–Trinajstić information content (AvgIpc) is 3.41. The van der Waals surface area contributed by atoms with Crippen LogP contribution >= 0.6 is 11.6 Å². The molecule has 1 saturated carbocycles. The molecule has 3 aromatic rings. The van der Waals surface area contributed by atoms with E-state index in [9.17, 15) is 19.2 Å². The molecule has 14 heteroatoms. The second-order valence-corrected chi connectivity index (χ2v) is 16.7. The largest absolute Gasteiger partial charge is 0.855 e. The van der Waals surface area contributed by atoms with Crippen LogP contribution in [0.2, 0.25) is 5.02 Å². The molecule has 6 rings (SSSR count). The number of hydrogen-bond acceptors (Lipinski definition) is 9. The van der Waals surface area contributed by atoms with E-state index in [2.05, 4.69) is 38.4 Å². The highest BCUT2D eigenvalue weighted by atomic mass is 35.5. The number of aliphatic hydroxyl groups is 1. The highest BCUT2D eigenvalue weighted by Gasteiger charge is 2.44. The Kier molecular flexibility index (Phi) is 11.2. The van der Waals surface area contributed by atoms with Gasteiger partial charge in [0.25, 0.3) is 10.3 Å². The van der Waals surface area contributed by atoms with Gasteiger partial charge < -0.3 is 29.3 Å². The predicted octanol–water partition coefficient (Wildman–Crippen LogP) is 3.85. The second kappa shape index (κ2) is 15.5. The molecule has 278 valence electrons. The van der Waals surface area contributed by atoms with Crippen LogP contribution in [0.4, 0.5) is 5.69 Å². The van der Waals surface area contributed by atoms with Gasteiger partial charge in [0.15, 0.2) is 5.75 Å². The number of nitrogens with zero attached hydrogens (tertiary/aromatic N) is 4. The van der Waals surface area contributed by atoms with Crippen molar-refractivity contribution in [2.24, 2.45) is 34.3 Å². The Balaban J connectivity index is 1.15. The van der Waals surface area contributed by atoms with Crippen molar-refractivity contribution in [3.8, 4) is 23.5 Å². The van der Waals surface area contributed by atoms with Gasteiger partial charge in [0, 0.05) is 55.0 Å². The first kappa shape index (κ1) is 37.7. The monoisotopic (exact) mass is 751 g/mol. The van der Waals surface area contributed by atoms with Crippen LogP contribution in [0.3, 0.4) is 0 Å². The first-order valence-electron chi connectivity index (χ1n) is 17.5. The van der Waals surface area contributed by atoms with E-state index >= 15 is 0 Å². The Hall–Kier alpha value is -4.09. The number of aliphatic hydroxyl groups excluding tert-OH is 1. The second-order valence-electron chi connectivity index (χ2n) is 14.3. The number of carbonyl (C=O) groups excluding carboxylic acids is 1. The van der Waals surface area contributed by atoms with Crippen molar-refractivity contribution in [2.45, 2.75) is 57.0 Å². The minimum atomic E-state index is -3.35. The van der Waals surface area contributed by atoms with Crippen molar-refractivity contribution in [2.75, 3.05) is 44.6 Å². The molecular formula is C38H46ClN5O7S. The Morgan fingerprint density at radius 3 is 2.83 bits per heavy atom. The van der Waals surface area contributed by atoms with Crippen LogP contribution in [0.25, 0.3) is 0 Å². The maximum absolute atomic E-state index is 13.0. The Morgan fingerprint density at radius 1 is 1.29 bits per heavy atom. The third-order valence-corrected chi connectivity index (χ3v) is 12.2. The zero-order valence-corrected chi connectivity index (χ0v) is 31.5. The van der Waals surface area contributed by atoms with Gasteiger partial charge in [-0.25, -0.2) is 4.79 Å². The first-order valence-corrected chi connectivity index (χ1v) is 19.6. The number of fused-ring (bicyclic) bond motifs is 3. The summed E-state index contributed by atoms with van der Waals surface area (Å²) >= 11 is 6.41. The fraction of sp³-hybridized carbons (Fsp3) is 0.500. The number of ether oxygens (including phenoxy) is 3. The summed E-state index contributed by atoms with van der Waals surface area (Å²) in [7, 11) is 1.04. The molecule has 2 aliphatic carbocycles. The number of aryl methyl sites for hydroxylation is 2. The zero-order valence-electron chi connectivity index (χ0n) is 30.0. The molecule has 0 amide bonds. The number of aromatic nitrogens is 2. The van der Waals surface area contributed by atoms with E-state index in [0.29, 0.717) is 37.4 Å². The van der Waals surface area contributed by atoms with Gasteiger partial charge in [-0.2, -0.15) is 0 Å². The van der Waals surface area contributed by atoms with E-state index in [1.54, 1.807) is 13.1 Å². The Labute approximate surface area is 311 Å². The summed E-state index contributed by atoms with van der Waals surface area (Å²) in [6.45, 7) is 3.66. The number of esters is 1. The topological polar surface area (TPSA) is 165 Å². The lowest BCUT2D eigenvalue weighted by molar-refractivity contribution is -0.212. The molecule has 52 heavy (non-hydrogen) atoms. The number of halogens is 1. The van der Waals surface area contributed by atoms with Gasteiger partial charge in [-0.1, -0.05) is 39.1 Å². The molecule has 0 bridgehead atoms. The third-order valence-electron chi connectivity index (χ3n) is 10.5. The summed E-state index contributed by atoms with van der Waals surface area (Å²) in [5.74, 6) is 5.51. The summed E-state index contributed by atoms with van der Waals surface area (Å²) in [4.78, 5) is 14.9. The summed E-state index contributed by atoms with van der Waals surface area (Å²) in [5, 5.41) is 34.6. The summed E-state index contributed by atoms with van der Waals surface area (Å²) in [6, 6.07) is 11.6. The van der Waals surface area contributed by atoms with Gasteiger partial charge in [0.05, 0.1) is 43.5 Å². The molecule has 1 aromatic heterocycles. The van der Waals surface area contributed by atoms with Crippen molar-refractivity contribution >= 4 is 39.5 Å².